The van der Waals surface area contributed by atoms with E-state index in [9.17, 15) is 0 Å². The summed E-state index contributed by atoms with van der Waals surface area (Å²) < 4.78 is 0. The quantitative estimate of drug-likeness (QED) is 0.807. The molecule has 1 N–H and O–H groups in total. The Kier molecular flexibility index (Phi) is 3.97. The number of benzene rings is 1. The summed E-state index contributed by atoms with van der Waals surface area (Å²) >= 11 is 5.83. The molecule has 1 aromatic rings. The zero-order valence-electron chi connectivity index (χ0n) is 9.10. The molecule has 1 nitrogen and oxygen atoms in total. The highest BCUT2D eigenvalue weighted by Crippen LogP contribution is 2.21. The summed E-state index contributed by atoms with van der Waals surface area (Å²) in [6.45, 7) is 5.55. The third-order valence-electron chi connectivity index (χ3n) is 2.25. The van der Waals surface area contributed by atoms with Crippen LogP contribution in [0.1, 0.15) is 19.4 Å². The summed E-state index contributed by atoms with van der Waals surface area (Å²) in [7, 11) is 1.99. The van der Waals surface area contributed by atoms with Crippen molar-refractivity contribution in [3.63, 3.8) is 0 Å². The molecule has 0 aromatic heterocycles. The highest BCUT2D eigenvalue weighted by Gasteiger charge is 2.16. The lowest BCUT2D eigenvalue weighted by Gasteiger charge is -2.24. The van der Waals surface area contributed by atoms with Crippen molar-refractivity contribution in [2.45, 2.75) is 20.3 Å². The van der Waals surface area contributed by atoms with Crippen molar-refractivity contribution in [3.05, 3.63) is 34.9 Å². The lowest BCUT2D eigenvalue weighted by Crippen LogP contribution is -2.28. The van der Waals surface area contributed by atoms with Crippen LogP contribution in [0.3, 0.4) is 0 Å². The van der Waals surface area contributed by atoms with E-state index >= 15 is 0 Å². The van der Waals surface area contributed by atoms with Gasteiger partial charge >= 0.3 is 0 Å². The van der Waals surface area contributed by atoms with Gasteiger partial charge in [-0.25, -0.2) is 0 Å². The van der Waals surface area contributed by atoms with Crippen LogP contribution in [0.2, 0.25) is 5.02 Å². The highest BCUT2D eigenvalue weighted by atomic mass is 35.5. The van der Waals surface area contributed by atoms with E-state index in [2.05, 4.69) is 31.3 Å². The summed E-state index contributed by atoms with van der Waals surface area (Å²) in [5.41, 5.74) is 1.64. The molecule has 1 rings (SSSR count). The molecule has 0 amide bonds. The first kappa shape index (κ1) is 11.5. The van der Waals surface area contributed by atoms with Crippen LogP contribution in [-0.2, 0) is 6.42 Å². The fraction of sp³-hybridized carbons (Fsp3) is 0.500. The molecule has 0 aliphatic rings. The summed E-state index contributed by atoms with van der Waals surface area (Å²) in [6, 6.07) is 8.10. The van der Waals surface area contributed by atoms with Crippen molar-refractivity contribution in [1.29, 1.82) is 0 Å². The number of rotatable bonds is 4. The lowest BCUT2D eigenvalue weighted by atomic mass is 9.86. The molecule has 0 fully saturated rings. The summed E-state index contributed by atoms with van der Waals surface area (Å²) in [6.07, 6.45) is 1.07. The summed E-state index contributed by atoms with van der Waals surface area (Å²) in [5, 5.41) is 4.02. The maximum absolute atomic E-state index is 5.83. The van der Waals surface area contributed by atoms with Crippen LogP contribution in [0, 0.1) is 5.41 Å². The molecule has 0 saturated heterocycles. The van der Waals surface area contributed by atoms with Crippen molar-refractivity contribution in [1.82, 2.24) is 5.32 Å². The van der Waals surface area contributed by atoms with Crippen molar-refractivity contribution in [2.24, 2.45) is 5.41 Å². The maximum Gasteiger partial charge on any atom is 0.0406 e. The Bertz CT molecular complexity index is 277. The van der Waals surface area contributed by atoms with Crippen LogP contribution >= 0.6 is 11.6 Å². The molecule has 2 heteroatoms. The molecule has 0 spiro atoms. The SMILES string of the molecule is CNCC(C)(C)Cc1ccc(Cl)cc1. The van der Waals surface area contributed by atoms with Crippen LogP contribution in [0.15, 0.2) is 24.3 Å². The van der Waals surface area contributed by atoms with Crippen LogP contribution in [0.4, 0.5) is 0 Å². The second-order valence-electron chi connectivity index (χ2n) is 4.50. The Morgan fingerprint density at radius 1 is 1.21 bits per heavy atom. The Labute approximate surface area is 91.5 Å². The van der Waals surface area contributed by atoms with Crippen molar-refractivity contribution < 1.29 is 0 Å². The lowest BCUT2D eigenvalue weighted by molar-refractivity contribution is 0.350. The molecule has 0 radical (unpaired) electrons. The topological polar surface area (TPSA) is 12.0 Å². The van der Waals surface area contributed by atoms with Gasteiger partial charge in [0, 0.05) is 11.6 Å². The zero-order chi connectivity index (χ0) is 10.6. The maximum atomic E-state index is 5.83. The number of nitrogens with one attached hydrogen (secondary N) is 1. The largest absolute Gasteiger partial charge is 0.319 e. The zero-order valence-corrected chi connectivity index (χ0v) is 9.86. The van der Waals surface area contributed by atoms with E-state index in [-0.39, 0.29) is 0 Å². The minimum atomic E-state index is 0.294. The molecule has 1 aromatic carbocycles. The molecule has 0 saturated carbocycles. The standard InChI is InChI=1S/C12H18ClN/c1-12(2,9-14-3)8-10-4-6-11(13)7-5-10/h4-7,14H,8-9H2,1-3H3. The average molecular weight is 212 g/mol. The Morgan fingerprint density at radius 2 is 1.79 bits per heavy atom. The van der Waals surface area contributed by atoms with Gasteiger partial charge in [-0.05, 0) is 36.6 Å². The number of hydrogen-bond donors (Lipinski definition) is 1. The van der Waals surface area contributed by atoms with Crippen LogP contribution < -0.4 is 5.32 Å². The normalized spacial score (nSPS) is 11.7. The third kappa shape index (κ3) is 3.69. The molecule has 0 heterocycles. The average Bonchev–Trinajstić information content (AvgIpc) is 2.08. The van der Waals surface area contributed by atoms with Gasteiger partial charge in [0.2, 0.25) is 0 Å². The minimum Gasteiger partial charge on any atom is -0.319 e. The van der Waals surface area contributed by atoms with E-state index in [4.69, 9.17) is 11.6 Å². The van der Waals surface area contributed by atoms with Crippen molar-refractivity contribution in [3.8, 4) is 0 Å². The fourth-order valence-corrected chi connectivity index (χ4v) is 1.82. The second-order valence-corrected chi connectivity index (χ2v) is 4.93. The van der Waals surface area contributed by atoms with E-state index in [1.807, 2.05) is 19.2 Å². The monoisotopic (exact) mass is 211 g/mol. The minimum absolute atomic E-state index is 0.294. The van der Waals surface area contributed by atoms with Gasteiger partial charge < -0.3 is 5.32 Å². The Morgan fingerprint density at radius 3 is 2.29 bits per heavy atom. The second kappa shape index (κ2) is 4.81. The molecule has 0 bridgehead atoms. The number of halogens is 1. The fourth-order valence-electron chi connectivity index (χ4n) is 1.70. The van der Waals surface area contributed by atoms with E-state index in [1.165, 1.54) is 5.56 Å². The smallest absolute Gasteiger partial charge is 0.0406 e. The van der Waals surface area contributed by atoms with E-state index < -0.39 is 0 Å². The Balaban J connectivity index is 2.64. The van der Waals surface area contributed by atoms with E-state index in [0.29, 0.717) is 5.41 Å². The van der Waals surface area contributed by atoms with Crippen LogP contribution in [0.5, 0.6) is 0 Å². The summed E-state index contributed by atoms with van der Waals surface area (Å²) in [5.74, 6) is 0. The molecule has 0 aliphatic carbocycles. The first-order valence-corrected chi connectivity index (χ1v) is 5.30. The molecule has 0 atom stereocenters. The highest BCUT2D eigenvalue weighted by molar-refractivity contribution is 6.30. The molecule has 78 valence electrons. The molecule has 0 unspecified atom stereocenters. The molecular formula is C12H18ClN. The van der Waals surface area contributed by atoms with Crippen molar-refractivity contribution in [2.75, 3.05) is 13.6 Å². The molecule has 14 heavy (non-hydrogen) atoms. The van der Waals surface area contributed by atoms with Gasteiger partial charge in [-0.3, -0.25) is 0 Å². The van der Waals surface area contributed by atoms with Crippen LogP contribution in [-0.4, -0.2) is 13.6 Å². The van der Waals surface area contributed by atoms with Gasteiger partial charge in [0.05, 0.1) is 0 Å². The van der Waals surface area contributed by atoms with Crippen LogP contribution in [0.25, 0.3) is 0 Å². The van der Waals surface area contributed by atoms with Gasteiger partial charge in [0.15, 0.2) is 0 Å². The summed E-state index contributed by atoms with van der Waals surface area (Å²) in [4.78, 5) is 0. The van der Waals surface area contributed by atoms with E-state index in [0.717, 1.165) is 18.0 Å². The van der Waals surface area contributed by atoms with Gasteiger partial charge in [0.1, 0.15) is 0 Å². The van der Waals surface area contributed by atoms with Gasteiger partial charge in [-0.1, -0.05) is 37.6 Å². The Hall–Kier alpha value is -0.530. The first-order chi connectivity index (χ1) is 6.53. The predicted octanol–water partition coefficient (Wildman–Crippen LogP) is 3.13. The molecule has 0 aliphatic heterocycles. The predicted molar refractivity (Wildman–Crippen MR) is 62.9 cm³/mol. The van der Waals surface area contributed by atoms with Crippen molar-refractivity contribution >= 4 is 11.6 Å². The molecular weight excluding hydrogens is 194 g/mol. The third-order valence-corrected chi connectivity index (χ3v) is 2.50. The van der Waals surface area contributed by atoms with E-state index in [1.54, 1.807) is 0 Å². The first-order valence-electron chi connectivity index (χ1n) is 4.92. The van der Waals surface area contributed by atoms with Gasteiger partial charge in [-0.2, -0.15) is 0 Å². The number of hydrogen-bond acceptors (Lipinski definition) is 1. The van der Waals surface area contributed by atoms with Gasteiger partial charge in [-0.15, -0.1) is 0 Å². The van der Waals surface area contributed by atoms with Gasteiger partial charge in [0.25, 0.3) is 0 Å².